The van der Waals surface area contributed by atoms with Crippen LogP contribution in [-0.2, 0) is 0 Å². The van der Waals surface area contributed by atoms with Crippen LogP contribution in [0.5, 0.6) is 0 Å². The molecule has 0 aliphatic heterocycles. The van der Waals surface area contributed by atoms with Crippen LogP contribution in [0, 0.1) is 0 Å². The maximum atomic E-state index is 12.5. The second kappa shape index (κ2) is 11.9. The first-order valence-electron chi connectivity index (χ1n) is 10.1. The number of nitrogens with zero attached hydrogens (tertiary/aromatic N) is 1. The van der Waals surface area contributed by atoms with Crippen LogP contribution in [0.1, 0.15) is 20.7 Å². The molecule has 0 saturated heterocycles. The Bertz CT molecular complexity index is 1500. The molecule has 0 spiro atoms. The Balaban J connectivity index is 1.39. The van der Waals surface area contributed by atoms with Crippen LogP contribution < -0.4 is 21.3 Å². The Kier molecular flexibility index (Phi) is 8.81. The second-order valence-electron chi connectivity index (χ2n) is 7.27. The third-order valence-corrected chi connectivity index (χ3v) is 7.14. The number of fused-ring (bicyclic) bond motifs is 1. The molecule has 0 radical (unpaired) electrons. The fourth-order valence-corrected chi connectivity index (χ4v) is 5.16. The molecule has 0 saturated carbocycles. The monoisotopic (exact) mass is 627 g/mol. The molecule has 0 unspecified atom stereocenters. The van der Waals surface area contributed by atoms with Crippen LogP contribution in [0.3, 0.4) is 0 Å². The van der Waals surface area contributed by atoms with Crippen molar-refractivity contribution in [3.63, 3.8) is 0 Å². The number of halogens is 4. The summed E-state index contributed by atoms with van der Waals surface area (Å²) >= 11 is 35.8. The lowest BCUT2D eigenvalue weighted by Gasteiger charge is -2.10. The minimum atomic E-state index is -0.507. The maximum Gasteiger partial charge on any atom is 0.258 e. The average Bonchev–Trinajstić information content (AvgIpc) is 3.23. The molecule has 7 nitrogen and oxygen atoms in total. The number of anilines is 2. The first-order valence-corrected chi connectivity index (χ1v) is 13.3. The van der Waals surface area contributed by atoms with Crippen LogP contribution >= 0.6 is 82.2 Å². The molecule has 0 aliphatic carbocycles. The Morgan fingerprint density at radius 1 is 0.730 bits per heavy atom. The van der Waals surface area contributed by atoms with Crippen LogP contribution in [0.25, 0.3) is 10.2 Å². The number of hydrogen-bond donors (Lipinski definition) is 4. The van der Waals surface area contributed by atoms with Crippen LogP contribution in [-0.4, -0.2) is 27.0 Å². The summed E-state index contributed by atoms with van der Waals surface area (Å²) in [5.41, 5.74) is 1.70. The summed E-state index contributed by atoms with van der Waals surface area (Å²) in [5.74, 6) is -1.00. The van der Waals surface area contributed by atoms with Crippen molar-refractivity contribution < 1.29 is 9.59 Å². The van der Waals surface area contributed by atoms with Gasteiger partial charge in [-0.25, -0.2) is 4.98 Å². The Labute approximate surface area is 245 Å². The van der Waals surface area contributed by atoms with E-state index in [0.717, 1.165) is 4.70 Å². The number of thiocarbonyl (C=S) groups is 2. The highest BCUT2D eigenvalue weighted by Gasteiger charge is 2.15. The van der Waals surface area contributed by atoms with E-state index in [1.54, 1.807) is 30.3 Å². The molecule has 4 rings (SSSR count). The molecule has 14 heteroatoms. The van der Waals surface area contributed by atoms with Gasteiger partial charge in [-0.3, -0.25) is 20.2 Å². The number of thiazole rings is 1. The van der Waals surface area contributed by atoms with Crippen molar-refractivity contribution in [1.29, 1.82) is 0 Å². The van der Waals surface area contributed by atoms with Gasteiger partial charge in [-0.15, -0.1) is 0 Å². The molecule has 0 atom stereocenters. The molecule has 2 amide bonds. The second-order valence-corrected chi connectivity index (χ2v) is 10.8. The fourth-order valence-electron chi connectivity index (χ4n) is 3.03. The molecule has 0 bridgehead atoms. The predicted molar refractivity (Wildman–Crippen MR) is 160 cm³/mol. The summed E-state index contributed by atoms with van der Waals surface area (Å²) in [6.45, 7) is 0. The quantitative estimate of drug-likeness (QED) is 0.178. The van der Waals surface area contributed by atoms with Crippen LogP contribution in [0.15, 0.2) is 54.6 Å². The molecule has 37 heavy (non-hydrogen) atoms. The zero-order chi connectivity index (χ0) is 26.7. The minimum absolute atomic E-state index is 0.0435. The van der Waals surface area contributed by atoms with Crippen LogP contribution in [0.4, 0.5) is 10.8 Å². The van der Waals surface area contributed by atoms with E-state index in [2.05, 4.69) is 26.3 Å². The van der Waals surface area contributed by atoms with E-state index in [1.165, 1.54) is 35.6 Å². The normalized spacial score (nSPS) is 10.6. The number of nitrogens with one attached hydrogen (secondary N) is 4. The highest BCUT2D eigenvalue weighted by atomic mass is 35.5. The number of rotatable bonds is 4. The third-order valence-electron chi connectivity index (χ3n) is 4.67. The highest BCUT2D eigenvalue weighted by Crippen LogP contribution is 2.29. The Morgan fingerprint density at radius 2 is 1.27 bits per heavy atom. The molecule has 0 fully saturated rings. The van der Waals surface area contributed by atoms with Gasteiger partial charge in [-0.1, -0.05) is 57.7 Å². The Morgan fingerprint density at radius 3 is 1.84 bits per heavy atom. The van der Waals surface area contributed by atoms with E-state index < -0.39 is 11.8 Å². The van der Waals surface area contributed by atoms with Crippen molar-refractivity contribution in [1.82, 2.24) is 15.6 Å². The zero-order valence-electron chi connectivity index (χ0n) is 18.2. The maximum absolute atomic E-state index is 12.5. The standard InChI is InChI=1S/C23H13Cl4N5O2S3/c24-10-1-4-15(26)13(7-10)19(33)30-21(35)28-12-3-6-17-18(9-12)37-23(29-17)32-22(36)31-20(34)14-8-11(25)2-5-16(14)27/h1-9H,(H2,28,30,33,35)(H2,29,31,32,34,36). The van der Waals surface area contributed by atoms with Crippen molar-refractivity contribution >= 4 is 125 Å². The van der Waals surface area contributed by atoms with Crippen molar-refractivity contribution in [2.24, 2.45) is 0 Å². The van der Waals surface area contributed by atoms with E-state index in [-0.39, 0.29) is 31.4 Å². The molecular weight excluding hydrogens is 616 g/mol. The van der Waals surface area contributed by atoms with Gasteiger partial charge in [0.05, 0.1) is 31.4 Å². The molecular formula is C23H13Cl4N5O2S3. The smallest absolute Gasteiger partial charge is 0.258 e. The molecule has 4 N–H and O–H groups in total. The topological polar surface area (TPSA) is 95.2 Å². The summed E-state index contributed by atoms with van der Waals surface area (Å²) in [7, 11) is 0. The summed E-state index contributed by atoms with van der Waals surface area (Å²) in [6, 6.07) is 14.4. The van der Waals surface area contributed by atoms with Crippen LogP contribution in [0.2, 0.25) is 20.1 Å². The first-order chi connectivity index (χ1) is 17.6. The Hall–Kier alpha value is -2.57. The van der Waals surface area contributed by atoms with Crippen molar-refractivity contribution in [3.05, 3.63) is 85.8 Å². The van der Waals surface area contributed by atoms with Gasteiger partial charge in [0.1, 0.15) is 0 Å². The fraction of sp³-hybridized carbons (Fsp3) is 0. The van der Waals surface area contributed by atoms with Crippen molar-refractivity contribution in [3.8, 4) is 0 Å². The minimum Gasteiger partial charge on any atom is -0.332 e. The predicted octanol–water partition coefficient (Wildman–Crippen LogP) is 7.16. The summed E-state index contributed by atoms with van der Waals surface area (Å²) in [6.07, 6.45) is 0. The molecule has 1 aromatic heterocycles. The van der Waals surface area contributed by atoms with Crippen molar-refractivity contribution in [2.45, 2.75) is 0 Å². The van der Waals surface area contributed by atoms with Gasteiger partial charge in [0, 0.05) is 15.7 Å². The number of amides is 2. The average molecular weight is 629 g/mol. The van der Waals surface area contributed by atoms with Gasteiger partial charge >= 0.3 is 0 Å². The molecule has 188 valence electrons. The molecule has 3 aromatic carbocycles. The van der Waals surface area contributed by atoms with Gasteiger partial charge in [0.2, 0.25) is 0 Å². The summed E-state index contributed by atoms with van der Waals surface area (Å²) < 4.78 is 0.798. The van der Waals surface area contributed by atoms with Crippen molar-refractivity contribution in [2.75, 3.05) is 10.6 Å². The SMILES string of the molecule is O=C(NC(=S)Nc1ccc2nc(NC(=S)NC(=O)c3cc(Cl)ccc3Cl)sc2c1)c1cc(Cl)ccc1Cl. The molecule has 4 aromatic rings. The van der Waals surface area contributed by atoms with Gasteiger partial charge in [-0.2, -0.15) is 0 Å². The first kappa shape index (κ1) is 27.5. The van der Waals surface area contributed by atoms with Gasteiger partial charge in [-0.05, 0) is 79.0 Å². The number of carbonyl (C=O) groups is 2. The van der Waals surface area contributed by atoms with Gasteiger partial charge < -0.3 is 10.6 Å². The van der Waals surface area contributed by atoms with E-state index in [1.807, 2.05) is 0 Å². The molecule has 1 heterocycles. The number of aromatic nitrogens is 1. The lowest BCUT2D eigenvalue weighted by Crippen LogP contribution is -2.34. The van der Waals surface area contributed by atoms with E-state index in [4.69, 9.17) is 70.8 Å². The van der Waals surface area contributed by atoms with Gasteiger partial charge in [0.15, 0.2) is 15.4 Å². The lowest BCUT2D eigenvalue weighted by atomic mass is 10.2. The highest BCUT2D eigenvalue weighted by molar-refractivity contribution is 7.80. The largest absolute Gasteiger partial charge is 0.332 e. The summed E-state index contributed by atoms with van der Waals surface area (Å²) in [5, 5.41) is 12.8. The zero-order valence-corrected chi connectivity index (χ0v) is 23.7. The van der Waals surface area contributed by atoms with E-state index in [0.29, 0.717) is 26.4 Å². The van der Waals surface area contributed by atoms with E-state index in [9.17, 15) is 9.59 Å². The number of benzene rings is 3. The summed E-state index contributed by atoms with van der Waals surface area (Å²) in [4.78, 5) is 29.4. The molecule has 0 aliphatic rings. The lowest BCUT2D eigenvalue weighted by molar-refractivity contribution is 0.0969. The number of carbonyl (C=O) groups excluding carboxylic acids is 2. The van der Waals surface area contributed by atoms with E-state index >= 15 is 0 Å². The van der Waals surface area contributed by atoms with Gasteiger partial charge in [0.25, 0.3) is 11.8 Å². The number of hydrogen-bond acceptors (Lipinski definition) is 6. The third kappa shape index (κ3) is 7.05.